The van der Waals surface area contributed by atoms with Crippen LogP contribution in [0.5, 0.6) is 11.6 Å². The molecule has 0 radical (unpaired) electrons. The molecule has 0 atom stereocenters. The van der Waals surface area contributed by atoms with Gasteiger partial charge in [-0.15, -0.1) is 10.2 Å². The second-order valence-electron chi connectivity index (χ2n) is 7.36. The van der Waals surface area contributed by atoms with Gasteiger partial charge in [-0.2, -0.15) is 0 Å². The first-order valence-electron chi connectivity index (χ1n) is 10.5. The Morgan fingerprint density at radius 3 is 2.67 bits per heavy atom. The number of methoxy groups -OCH3 is 1. The van der Waals surface area contributed by atoms with Gasteiger partial charge in [0.2, 0.25) is 5.88 Å². The van der Waals surface area contributed by atoms with Gasteiger partial charge in [0.05, 0.1) is 38.7 Å². The summed E-state index contributed by atoms with van der Waals surface area (Å²) in [4.78, 5) is 19.3. The topological polar surface area (TPSA) is 110 Å². The number of aromatic hydroxyl groups is 1. The molecule has 0 aliphatic carbocycles. The summed E-state index contributed by atoms with van der Waals surface area (Å²) >= 11 is 0. The van der Waals surface area contributed by atoms with Crippen LogP contribution in [-0.4, -0.2) is 66.7 Å². The van der Waals surface area contributed by atoms with E-state index in [0.29, 0.717) is 25.3 Å². The number of carbonyl (C=O) groups is 1. The van der Waals surface area contributed by atoms with Crippen molar-refractivity contribution in [2.24, 2.45) is 15.4 Å². The minimum absolute atomic E-state index is 0.0438. The van der Waals surface area contributed by atoms with Crippen LogP contribution in [0.2, 0.25) is 0 Å². The monoisotopic (exact) mass is 451 g/mol. The van der Waals surface area contributed by atoms with E-state index < -0.39 is 5.91 Å². The summed E-state index contributed by atoms with van der Waals surface area (Å²) in [5.74, 6) is 0.0715. The predicted octanol–water partition coefficient (Wildman–Crippen LogP) is 3.31. The molecule has 0 spiro atoms. The molecule has 172 valence electrons. The number of azo groups is 1. The third kappa shape index (κ3) is 5.54. The number of carbonyl (C=O) groups excluding carboxylic acids is 1. The summed E-state index contributed by atoms with van der Waals surface area (Å²) in [6.07, 6.45) is 1.48. The Hall–Kier alpha value is -3.76. The van der Waals surface area contributed by atoms with Crippen LogP contribution >= 0.6 is 0 Å². The van der Waals surface area contributed by atoms with Gasteiger partial charge in [0.15, 0.2) is 12.3 Å². The SMILES string of the molecule is COc1ccc(C=NOCC(=O)N=Nc2c(O)n(CN3CCOCC3)c3ccccc23)cc1. The van der Waals surface area contributed by atoms with Gasteiger partial charge in [0, 0.05) is 18.5 Å². The smallest absolute Gasteiger partial charge is 0.304 e. The molecule has 0 saturated carbocycles. The van der Waals surface area contributed by atoms with Crippen molar-refractivity contribution in [1.82, 2.24) is 9.47 Å². The number of oxime groups is 1. The molecule has 1 N–H and O–H groups in total. The molecule has 0 unspecified atom stereocenters. The zero-order chi connectivity index (χ0) is 23.0. The summed E-state index contributed by atoms with van der Waals surface area (Å²) in [6.45, 7) is 2.97. The van der Waals surface area contributed by atoms with E-state index in [1.54, 1.807) is 23.8 Å². The molecule has 33 heavy (non-hydrogen) atoms. The molecule has 4 rings (SSSR count). The highest BCUT2D eigenvalue weighted by molar-refractivity contribution is 5.95. The molecule has 1 amide bonds. The second-order valence-corrected chi connectivity index (χ2v) is 7.36. The summed E-state index contributed by atoms with van der Waals surface area (Å²) in [6, 6.07) is 14.7. The van der Waals surface area contributed by atoms with Crippen molar-refractivity contribution in [3.63, 3.8) is 0 Å². The fraction of sp³-hybridized carbons (Fsp3) is 0.304. The van der Waals surface area contributed by atoms with E-state index in [4.69, 9.17) is 14.3 Å². The highest BCUT2D eigenvalue weighted by Crippen LogP contribution is 2.39. The zero-order valence-electron chi connectivity index (χ0n) is 18.3. The van der Waals surface area contributed by atoms with Gasteiger partial charge in [-0.3, -0.25) is 14.3 Å². The first-order valence-corrected chi connectivity index (χ1v) is 10.5. The molecule has 2 aromatic carbocycles. The number of amides is 1. The van der Waals surface area contributed by atoms with E-state index >= 15 is 0 Å². The molecule has 10 heteroatoms. The first-order chi connectivity index (χ1) is 16.2. The first kappa shape index (κ1) is 22.4. The Labute approximate surface area is 190 Å². The number of aromatic nitrogens is 1. The normalized spacial score (nSPS) is 14.9. The fourth-order valence-electron chi connectivity index (χ4n) is 3.47. The molecule has 2 heterocycles. The summed E-state index contributed by atoms with van der Waals surface area (Å²) in [5.41, 5.74) is 1.85. The second kappa shape index (κ2) is 10.7. The third-order valence-corrected chi connectivity index (χ3v) is 5.20. The van der Waals surface area contributed by atoms with Crippen LogP contribution in [0.15, 0.2) is 63.9 Å². The van der Waals surface area contributed by atoms with Crippen molar-refractivity contribution in [3.05, 3.63) is 54.1 Å². The molecule has 1 aliphatic rings. The molecule has 1 aromatic heterocycles. The Kier molecular flexibility index (Phi) is 7.28. The predicted molar refractivity (Wildman–Crippen MR) is 122 cm³/mol. The molecular formula is C23H25N5O5. The van der Waals surface area contributed by atoms with E-state index in [2.05, 4.69) is 20.3 Å². The summed E-state index contributed by atoms with van der Waals surface area (Å²) in [7, 11) is 1.59. The Balaban J connectivity index is 1.41. The molecule has 1 saturated heterocycles. The fourth-order valence-corrected chi connectivity index (χ4v) is 3.47. The van der Waals surface area contributed by atoms with Crippen LogP contribution in [-0.2, 0) is 21.0 Å². The van der Waals surface area contributed by atoms with Crippen LogP contribution in [0.25, 0.3) is 10.9 Å². The van der Waals surface area contributed by atoms with E-state index in [9.17, 15) is 9.90 Å². The quantitative estimate of drug-likeness (QED) is 0.320. The number of ether oxygens (including phenoxy) is 2. The minimum atomic E-state index is -0.619. The van der Waals surface area contributed by atoms with Crippen LogP contribution in [0.4, 0.5) is 5.69 Å². The number of benzene rings is 2. The lowest BCUT2D eigenvalue weighted by Crippen LogP contribution is -2.37. The highest BCUT2D eigenvalue weighted by Gasteiger charge is 2.19. The maximum absolute atomic E-state index is 12.1. The van der Waals surface area contributed by atoms with Crippen LogP contribution < -0.4 is 4.74 Å². The molecule has 0 bridgehead atoms. The summed E-state index contributed by atoms with van der Waals surface area (Å²) < 4.78 is 12.2. The standard InChI is InChI=1S/C23H25N5O5/c1-31-18-8-6-17(7-9-18)14-24-33-15-21(29)25-26-22-19-4-2-3-5-20(19)28(23(22)30)16-27-10-12-32-13-11-27/h2-9,14,30H,10-13,15-16H2,1H3. The Bertz CT molecular complexity index is 1150. The van der Waals surface area contributed by atoms with E-state index in [1.807, 2.05) is 36.4 Å². The van der Waals surface area contributed by atoms with Crippen LogP contribution in [0, 0.1) is 0 Å². The van der Waals surface area contributed by atoms with Gasteiger partial charge in [0.1, 0.15) is 5.75 Å². The number of hydrogen-bond acceptors (Lipinski definition) is 8. The van der Waals surface area contributed by atoms with Gasteiger partial charge in [0.25, 0.3) is 0 Å². The number of nitrogens with zero attached hydrogens (tertiary/aromatic N) is 5. The van der Waals surface area contributed by atoms with Crippen molar-refractivity contribution < 1.29 is 24.2 Å². The van der Waals surface area contributed by atoms with E-state index in [-0.39, 0.29) is 18.2 Å². The maximum Gasteiger partial charge on any atom is 0.304 e. The van der Waals surface area contributed by atoms with Crippen molar-refractivity contribution in [1.29, 1.82) is 0 Å². The van der Waals surface area contributed by atoms with Gasteiger partial charge < -0.3 is 19.4 Å². The number of rotatable bonds is 8. The lowest BCUT2D eigenvalue weighted by atomic mass is 10.2. The van der Waals surface area contributed by atoms with Crippen molar-refractivity contribution in [2.45, 2.75) is 6.67 Å². The number of fused-ring (bicyclic) bond motifs is 1. The molecule has 3 aromatic rings. The van der Waals surface area contributed by atoms with Gasteiger partial charge in [-0.05, 0) is 35.9 Å². The average molecular weight is 451 g/mol. The molecule has 10 nitrogen and oxygen atoms in total. The number of hydrogen-bond donors (Lipinski definition) is 1. The van der Waals surface area contributed by atoms with E-state index in [1.165, 1.54) is 6.21 Å². The lowest BCUT2D eigenvalue weighted by molar-refractivity contribution is -0.122. The van der Waals surface area contributed by atoms with Crippen LogP contribution in [0.3, 0.4) is 0 Å². The highest BCUT2D eigenvalue weighted by atomic mass is 16.6. The molecular weight excluding hydrogens is 426 g/mol. The Morgan fingerprint density at radius 1 is 1.15 bits per heavy atom. The number of para-hydroxylation sites is 1. The molecule has 1 aliphatic heterocycles. The largest absolute Gasteiger partial charge is 0.497 e. The molecule has 1 fully saturated rings. The Morgan fingerprint density at radius 2 is 1.91 bits per heavy atom. The third-order valence-electron chi connectivity index (χ3n) is 5.20. The van der Waals surface area contributed by atoms with Crippen molar-refractivity contribution >= 4 is 28.7 Å². The van der Waals surface area contributed by atoms with Crippen molar-refractivity contribution in [3.8, 4) is 11.6 Å². The summed E-state index contributed by atoms with van der Waals surface area (Å²) in [5, 5.41) is 23.0. The van der Waals surface area contributed by atoms with E-state index in [0.717, 1.165) is 29.9 Å². The maximum atomic E-state index is 12.1. The average Bonchev–Trinajstić information content (AvgIpc) is 3.12. The van der Waals surface area contributed by atoms with Gasteiger partial charge >= 0.3 is 5.91 Å². The van der Waals surface area contributed by atoms with Crippen LogP contribution in [0.1, 0.15) is 5.56 Å². The van der Waals surface area contributed by atoms with Gasteiger partial charge in [-0.25, -0.2) is 0 Å². The minimum Gasteiger partial charge on any atom is -0.497 e. The van der Waals surface area contributed by atoms with Crippen molar-refractivity contribution in [2.75, 3.05) is 40.0 Å². The van der Waals surface area contributed by atoms with Gasteiger partial charge in [-0.1, -0.05) is 23.4 Å². The lowest BCUT2D eigenvalue weighted by Gasteiger charge is -2.27. The zero-order valence-corrected chi connectivity index (χ0v) is 18.3. The number of morpholine rings is 1.